The number of hydrazine groups is 1. The predicted molar refractivity (Wildman–Crippen MR) is 115 cm³/mol. The van der Waals surface area contributed by atoms with E-state index < -0.39 is 0 Å². The number of anilines is 1. The summed E-state index contributed by atoms with van der Waals surface area (Å²) in [5, 5.41) is 3.71. The number of piperazine rings is 1. The van der Waals surface area contributed by atoms with Crippen LogP contribution >= 0.6 is 0 Å². The van der Waals surface area contributed by atoms with Crippen LogP contribution in [-0.4, -0.2) is 80.8 Å². The van der Waals surface area contributed by atoms with E-state index in [1.165, 1.54) is 11.3 Å². The lowest BCUT2D eigenvalue weighted by atomic mass is 9.98. The van der Waals surface area contributed by atoms with Gasteiger partial charge in [0.15, 0.2) is 0 Å². The van der Waals surface area contributed by atoms with E-state index in [9.17, 15) is 4.79 Å². The second-order valence-electron chi connectivity index (χ2n) is 8.08. The van der Waals surface area contributed by atoms with Gasteiger partial charge in [-0.05, 0) is 31.3 Å². The lowest BCUT2D eigenvalue weighted by Crippen LogP contribution is -2.53. The Bertz CT molecular complexity index is 847. The molecule has 0 N–H and O–H groups in total. The summed E-state index contributed by atoms with van der Waals surface area (Å²) in [7, 11) is 6.01. The van der Waals surface area contributed by atoms with E-state index in [1.54, 1.807) is 0 Å². The van der Waals surface area contributed by atoms with Crippen LogP contribution in [0.1, 0.15) is 15.9 Å². The minimum Gasteiger partial charge on any atom is -0.491 e. The van der Waals surface area contributed by atoms with Gasteiger partial charge in [-0.3, -0.25) is 9.80 Å². The van der Waals surface area contributed by atoms with Crippen LogP contribution in [0.2, 0.25) is 0 Å². The Morgan fingerprint density at radius 3 is 2.41 bits per heavy atom. The van der Waals surface area contributed by atoms with Gasteiger partial charge < -0.3 is 14.5 Å². The number of likely N-dealkylation sites (N-methyl/N-ethyl adjacent to an activating group) is 1. The Hall–Kier alpha value is -2.57. The molecule has 0 saturated carbocycles. The van der Waals surface area contributed by atoms with E-state index in [-0.39, 0.29) is 11.9 Å². The number of amides is 1. The molecule has 0 aliphatic carbocycles. The highest BCUT2D eigenvalue weighted by Crippen LogP contribution is 2.35. The van der Waals surface area contributed by atoms with Crippen molar-refractivity contribution in [2.75, 3.05) is 58.8 Å². The number of rotatable bonds is 4. The molecule has 1 fully saturated rings. The van der Waals surface area contributed by atoms with E-state index in [0.29, 0.717) is 12.2 Å². The van der Waals surface area contributed by atoms with Crippen molar-refractivity contribution in [3.8, 4) is 5.75 Å². The molecule has 2 aromatic rings. The van der Waals surface area contributed by atoms with Gasteiger partial charge in [0.25, 0.3) is 5.91 Å². The first-order chi connectivity index (χ1) is 14.0. The molecule has 6 nitrogen and oxygen atoms in total. The highest BCUT2D eigenvalue weighted by Gasteiger charge is 2.33. The Kier molecular flexibility index (Phi) is 5.74. The zero-order valence-corrected chi connectivity index (χ0v) is 17.5. The van der Waals surface area contributed by atoms with Gasteiger partial charge in [0, 0.05) is 63.5 Å². The molecule has 0 bridgehead atoms. The second kappa shape index (κ2) is 8.43. The van der Waals surface area contributed by atoms with Crippen molar-refractivity contribution in [2.45, 2.75) is 12.5 Å². The fourth-order valence-corrected chi connectivity index (χ4v) is 4.26. The third-order valence-corrected chi connectivity index (χ3v) is 5.83. The van der Waals surface area contributed by atoms with Crippen molar-refractivity contribution < 1.29 is 9.53 Å². The number of ether oxygens (including phenoxy) is 1. The first-order valence-corrected chi connectivity index (χ1v) is 10.3. The fourth-order valence-electron chi connectivity index (χ4n) is 4.26. The number of nitrogens with zero attached hydrogens (tertiary/aromatic N) is 4. The van der Waals surface area contributed by atoms with Gasteiger partial charge in [-0.1, -0.05) is 24.3 Å². The van der Waals surface area contributed by atoms with Crippen LogP contribution < -0.4 is 9.64 Å². The number of hydrogen-bond donors (Lipinski definition) is 0. The van der Waals surface area contributed by atoms with Crippen molar-refractivity contribution in [1.82, 2.24) is 14.9 Å². The molecule has 154 valence electrons. The minimum atomic E-state index is -0.0428. The first-order valence-electron chi connectivity index (χ1n) is 10.3. The standard InChI is InChI=1S/C23H30N4O2/c1-24(2)27(23(28)18-8-5-4-6-9-18)19-16-20-21(10-7-11-22(20)29-17-19)26-14-12-25(3)13-15-26/h4-11,19H,12-17H2,1-3H3. The molecule has 29 heavy (non-hydrogen) atoms. The number of carbonyl (C=O) groups is 1. The summed E-state index contributed by atoms with van der Waals surface area (Å²) in [5.41, 5.74) is 3.14. The van der Waals surface area contributed by atoms with E-state index in [4.69, 9.17) is 4.74 Å². The lowest BCUT2D eigenvalue weighted by molar-refractivity contribution is -0.0200. The summed E-state index contributed by atoms with van der Waals surface area (Å²) in [5.74, 6) is 0.952. The predicted octanol–water partition coefficient (Wildman–Crippen LogP) is 2.36. The molecule has 0 radical (unpaired) electrons. The maximum absolute atomic E-state index is 13.2. The van der Waals surface area contributed by atoms with Crippen molar-refractivity contribution in [3.05, 3.63) is 59.7 Å². The van der Waals surface area contributed by atoms with Gasteiger partial charge in [-0.2, -0.15) is 0 Å². The number of fused-ring (bicyclic) bond motifs is 1. The van der Waals surface area contributed by atoms with Gasteiger partial charge >= 0.3 is 0 Å². The molecular weight excluding hydrogens is 364 g/mol. The molecule has 1 unspecified atom stereocenters. The maximum Gasteiger partial charge on any atom is 0.268 e. The van der Waals surface area contributed by atoms with Gasteiger partial charge in [-0.25, -0.2) is 5.01 Å². The van der Waals surface area contributed by atoms with Crippen LogP contribution in [0.25, 0.3) is 0 Å². The lowest BCUT2D eigenvalue weighted by Gasteiger charge is -2.41. The summed E-state index contributed by atoms with van der Waals surface area (Å²) in [6.45, 7) is 4.64. The van der Waals surface area contributed by atoms with Crippen molar-refractivity contribution >= 4 is 11.6 Å². The number of hydrogen-bond acceptors (Lipinski definition) is 5. The molecular formula is C23H30N4O2. The zero-order valence-electron chi connectivity index (χ0n) is 17.5. The molecule has 1 amide bonds. The third kappa shape index (κ3) is 4.09. The number of carbonyl (C=O) groups excluding carboxylic acids is 1. The summed E-state index contributed by atoms with van der Waals surface area (Å²) in [6, 6.07) is 15.7. The van der Waals surface area contributed by atoms with Gasteiger partial charge in [0.05, 0.1) is 6.04 Å². The average Bonchev–Trinajstić information content (AvgIpc) is 2.74. The summed E-state index contributed by atoms with van der Waals surface area (Å²) in [6.07, 6.45) is 0.786. The molecule has 4 rings (SSSR count). The summed E-state index contributed by atoms with van der Waals surface area (Å²) >= 11 is 0. The van der Waals surface area contributed by atoms with E-state index >= 15 is 0 Å². The van der Waals surface area contributed by atoms with Crippen molar-refractivity contribution in [3.63, 3.8) is 0 Å². The molecule has 2 aromatic carbocycles. The number of benzene rings is 2. The van der Waals surface area contributed by atoms with Crippen LogP contribution in [0, 0.1) is 0 Å². The monoisotopic (exact) mass is 394 g/mol. The molecule has 1 atom stereocenters. The molecule has 2 aliphatic rings. The quantitative estimate of drug-likeness (QED) is 0.745. The third-order valence-electron chi connectivity index (χ3n) is 5.83. The van der Waals surface area contributed by atoms with Crippen LogP contribution in [0.3, 0.4) is 0 Å². The van der Waals surface area contributed by atoms with Crippen LogP contribution in [0.4, 0.5) is 5.69 Å². The zero-order chi connectivity index (χ0) is 20.4. The van der Waals surface area contributed by atoms with E-state index in [2.05, 4.69) is 29.0 Å². The average molecular weight is 395 g/mol. The molecule has 0 aromatic heterocycles. The highest BCUT2D eigenvalue weighted by atomic mass is 16.5. The van der Waals surface area contributed by atoms with Crippen molar-refractivity contribution in [1.29, 1.82) is 0 Å². The normalized spacial score (nSPS) is 19.6. The Balaban J connectivity index is 1.60. The van der Waals surface area contributed by atoms with Gasteiger partial charge in [0.2, 0.25) is 0 Å². The van der Waals surface area contributed by atoms with Crippen LogP contribution in [-0.2, 0) is 6.42 Å². The Morgan fingerprint density at radius 2 is 1.72 bits per heavy atom. The Morgan fingerprint density at radius 1 is 1.00 bits per heavy atom. The minimum absolute atomic E-state index is 0.00438. The van der Waals surface area contributed by atoms with Gasteiger partial charge in [-0.15, -0.1) is 0 Å². The topological polar surface area (TPSA) is 39.3 Å². The van der Waals surface area contributed by atoms with E-state index in [1.807, 2.05) is 60.5 Å². The second-order valence-corrected chi connectivity index (χ2v) is 8.08. The van der Waals surface area contributed by atoms with Crippen molar-refractivity contribution in [2.24, 2.45) is 0 Å². The summed E-state index contributed by atoms with van der Waals surface area (Å²) < 4.78 is 6.15. The Labute approximate surface area is 173 Å². The molecule has 2 heterocycles. The van der Waals surface area contributed by atoms with Gasteiger partial charge in [0.1, 0.15) is 12.4 Å². The van der Waals surface area contributed by atoms with E-state index in [0.717, 1.165) is 38.3 Å². The first kappa shape index (κ1) is 19.7. The highest BCUT2D eigenvalue weighted by molar-refractivity contribution is 5.94. The molecule has 0 spiro atoms. The molecule has 1 saturated heterocycles. The molecule has 6 heteroatoms. The smallest absolute Gasteiger partial charge is 0.268 e. The maximum atomic E-state index is 13.2. The molecule has 2 aliphatic heterocycles. The van der Waals surface area contributed by atoms with Crippen LogP contribution in [0.5, 0.6) is 5.75 Å². The fraction of sp³-hybridized carbons (Fsp3) is 0.435. The largest absolute Gasteiger partial charge is 0.491 e. The SMILES string of the molecule is CN1CCN(c2cccc3c2CC(N(C(=O)c2ccccc2)N(C)C)CO3)CC1. The van der Waals surface area contributed by atoms with Crippen LogP contribution in [0.15, 0.2) is 48.5 Å². The summed E-state index contributed by atoms with van der Waals surface area (Å²) in [4.78, 5) is 18.0.